The molecule has 5 heteroatoms. The van der Waals surface area contributed by atoms with Gasteiger partial charge in [0.25, 0.3) is 0 Å². The van der Waals surface area contributed by atoms with Crippen molar-refractivity contribution in [3.8, 4) is 0 Å². The smallest absolute Gasteiger partial charge is 0.240 e. The lowest BCUT2D eigenvalue weighted by Crippen LogP contribution is -2.47. The number of aliphatic hydroxyl groups excluding tert-OH is 1. The largest absolute Gasteiger partial charge is 0.394 e. The number of hydrogen-bond donors (Lipinski definition) is 2. The van der Waals surface area contributed by atoms with E-state index in [4.69, 9.17) is 4.52 Å². The Morgan fingerprint density at radius 3 is 2.52 bits per heavy atom. The molecule has 0 atom stereocenters. The summed E-state index contributed by atoms with van der Waals surface area (Å²) >= 11 is 0. The molecule has 2 N–H and O–H groups in total. The summed E-state index contributed by atoms with van der Waals surface area (Å²) < 4.78 is 5.26. The van der Waals surface area contributed by atoms with E-state index in [2.05, 4.69) is 29.3 Å². The minimum absolute atomic E-state index is 0.102. The van der Waals surface area contributed by atoms with E-state index in [0.717, 1.165) is 18.4 Å². The highest BCUT2D eigenvalue weighted by molar-refractivity contribution is 5.18. The maximum atomic E-state index is 9.53. The molecule has 1 aromatic carbocycles. The molecule has 0 fully saturated rings. The van der Waals surface area contributed by atoms with Crippen LogP contribution in [0.25, 0.3) is 0 Å². The van der Waals surface area contributed by atoms with E-state index in [-0.39, 0.29) is 12.1 Å². The van der Waals surface area contributed by atoms with E-state index < -0.39 is 0 Å². The molecule has 1 heterocycles. The Hall–Kier alpha value is -1.72. The molecule has 2 aromatic rings. The molecule has 0 spiro atoms. The van der Waals surface area contributed by atoms with Crippen molar-refractivity contribution in [1.29, 1.82) is 0 Å². The number of rotatable bonds is 8. The second-order valence-electron chi connectivity index (χ2n) is 5.27. The third-order valence-corrected chi connectivity index (χ3v) is 3.99. The predicted octanol–water partition coefficient (Wildman–Crippen LogP) is 2.30. The molecule has 0 aliphatic carbocycles. The molecule has 0 aliphatic heterocycles. The maximum Gasteiger partial charge on any atom is 0.240 e. The van der Waals surface area contributed by atoms with Crippen LogP contribution in [-0.4, -0.2) is 27.4 Å². The van der Waals surface area contributed by atoms with Crippen molar-refractivity contribution in [3.05, 3.63) is 47.6 Å². The van der Waals surface area contributed by atoms with Crippen molar-refractivity contribution >= 4 is 0 Å². The fourth-order valence-corrected chi connectivity index (χ4v) is 2.25. The quantitative estimate of drug-likeness (QED) is 0.780. The first-order valence-corrected chi connectivity index (χ1v) is 7.42. The minimum Gasteiger partial charge on any atom is -0.394 e. The number of nitrogens with zero attached hydrogens (tertiary/aromatic N) is 2. The zero-order valence-corrected chi connectivity index (χ0v) is 12.7. The Balaban J connectivity index is 1.94. The highest BCUT2D eigenvalue weighted by Gasteiger charge is 2.25. The zero-order chi connectivity index (χ0) is 15.1. The Morgan fingerprint density at radius 1 is 1.19 bits per heavy atom. The van der Waals surface area contributed by atoms with Crippen LogP contribution < -0.4 is 5.32 Å². The third-order valence-electron chi connectivity index (χ3n) is 3.99. The SMILES string of the molecule is CCC(CC)(CO)NCc1nc(Cc2ccccc2)no1. The second-order valence-corrected chi connectivity index (χ2v) is 5.27. The van der Waals surface area contributed by atoms with Gasteiger partial charge in [-0.25, -0.2) is 0 Å². The molecule has 21 heavy (non-hydrogen) atoms. The topological polar surface area (TPSA) is 71.2 Å². The number of aromatic nitrogens is 2. The summed E-state index contributed by atoms with van der Waals surface area (Å²) in [5, 5.41) is 16.9. The summed E-state index contributed by atoms with van der Waals surface area (Å²) in [5.74, 6) is 1.24. The van der Waals surface area contributed by atoms with Gasteiger partial charge in [0.15, 0.2) is 5.82 Å². The normalized spacial score (nSPS) is 11.8. The van der Waals surface area contributed by atoms with E-state index in [1.807, 2.05) is 30.3 Å². The summed E-state index contributed by atoms with van der Waals surface area (Å²) in [4.78, 5) is 4.39. The summed E-state index contributed by atoms with van der Waals surface area (Å²) in [5.41, 5.74) is 0.887. The molecule has 0 saturated carbocycles. The van der Waals surface area contributed by atoms with Gasteiger partial charge in [-0.1, -0.05) is 49.3 Å². The lowest BCUT2D eigenvalue weighted by atomic mass is 9.94. The second kappa shape index (κ2) is 7.33. The average molecular weight is 289 g/mol. The number of nitrogens with one attached hydrogen (secondary N) is 1. The molecule has 0 amide bonds. The fourth-order valence-electron chi connectivity index (χ4n) is 2.25. The van der Waals surface area contributed by atoms with Crippen molar-refractivity contribution in [2.45, 2.75) is 45.2 Å². The van der Waals surface area contributed by atoms with Crippen LogP contribution in [0.5, 0.6) is 0 Å². The van der Waals surface area contributed by atoms with Crippen LogP contribution in [0.2, 0.25) is 0 Å². The Morgan fingerprint density at radius 2 is 1.90 bits per heavy atom. The third kappa shape index (κ3) is 4.12. The molecule has 5 nitrogen and oxygen atoms in total. The number of hydrogen-bond acceptors (Lipinski definition) is 5. The highest BCUT2D eigenvalue weighted by Crippen LogP contribution is 2.15. The van der Waals surface area contributed by atoms with Crippen molar-refractivity contribution in [2.24, 2.45) is 0 Å². The Labute approximate surface area is 125 Å². The Kier molecular flexibility index (Phi) is 5.47. The van der Waals surface area contributed by atoms with Crippen LogP contribution in [0.15, 0.2) is 34.9 Å². The molecule has 1 aromatic heterocycles. The van der Waals surface area contributed by atoms with Crippen LogP contribution in [0.4, 0.5) is 0 Å². The molecule has 0 unspecified atom stereocenters. The molecular weight excluding hydrogens is 266 g/mol. The van der Waals surface area contributed by atoms with Gasteiger partial charge in [0.2, 0.25) is 5.89 Å². The molecule has 2 rings (SSSR count). The average Bonchev–Trinajstić information content (AvgIpc) is 2.98. The lowest BCUT2D eigenvalue weighted by molar-refractivity contribution is 0.145. The molecular formula is C16H23N3O2. The summed E-state index contributed by atoms with van der Waals surface area (Å²) in [6.07, 6.45) is 2.37. The van der Waals surface area contributed by atoms with Crippen molar-refractivity contribution in [3.63, 3.8) is 0 Å². The number of benzene rings is 1. The van der Waals surface area contributed by atoms with Crippen LogP contribution in [0.3, 0.4) is 0 Å². The van der Waals surface area contributed by atoms with Gasteiger partial charge in [-0.2, -0.15) is 4.98 Å². The molecule has 0 aliphatic rings. The van der Waals surface area contributed by atoms with E-state index in [1.54, 1.807) is 0 Å². The molecule has 114 valence electrons. The first kappa shape index (κ1) is 15.7. The fraction of sp³-hybridized carbons (Fsp3) is 0.500. The van der Waals surface area contributed by atoms with E-state index >= 15 is 0 Å². The van der Waals surface area contributed by atoms with Crippen LogP contribution >= 0.6 is 0 Å². The number of aliphatic hydroxyl groups is 1. The zero-order valence-electron chi connectivity index (χ0n) is 12.7. The van der Waals surface area contributed by atoms with Gasteiger partial charge in [0.1, 0.15) is 0 Å². The van der Waals surface area contributed by atoms with E-state index in [0.29, 0.717) is 24.7 Å². The molecule has 0 saturated heterocycles. The standard InChI is InChI=1S/C16H23N3O2/c1-3-16(4-2,12-20)17-11-15-18-14(19-21-15)10-13-8-6-5-7-9-13/h5-9,17,20H,3-4,10-12H2,1-2H3. The van der Waals surface area contributed by atoms with Gasteiger partial charge in [-0.05, 0) is 18.4 Å². The van der Waals surface area contributed by atoms with Gasteiger partial charge in [-0.15, -0.1) is 0 Å². The van der Waals surface area contributed by atoms with Crippen LogP contribution in [-0.2, 0) is 13.0 Å². The highest BCUT2D eigenvalue weighted by atomic mass is 16.5. The summed E-state index contributed by atoms with van der Waals surface area (Å²) in [6, 6.07) is 10.1. The minimum atomic E-state index is -0.270. The van der Waals surface area contributed by atoms with Gasteiger partial charge < -0.3 is 14.9 Å². The van der Waals surface area contributed by atoms with Gasteiger partial charge >= 0.3 is 0 Å². The van der Waals surface area contributed by atoms with E-state index in [9.17, 15) is 5.11 Å². The van der Waals surface area contributed by atoms with Gasteiger partial charge in [0, 0.05) is 12.0 Å². The van der Waals surface area contributed by atoms with Crippen LogP contribution in [0, 0.1) is 0 Å². The predicted molar refractivity (Wildman–Crippen MR) is 80.8 cm³/mol. The lowest BCUT2D eigenvalue weighted by Gasteiger charge is -2.30. The molecule has 0 radical (unpaired) electrons. The van der Waals surface area contributed by atoms with Crippen LogP contribution in [0.1, 0.15) is 44.0 Å². The van der Waals surface area contributed by atoms with Crippen molar-refractivity contribution in [1.82, 2.24) is 15.5 Å². The Bertz CT molecular complexity index is 527. The first-order chi connectivity index (χ1) is 10.2. The summed E-state index contributed by atoms with van der Waals surface area (Å²) in [6.45, 7) is 4.69. The molecule has 0 bridgehead atoms. The van der Waals surface area contributed by atoms with Gasteiger partial charge in [0.05, 0.1) is 13.2 Å². The first-order valence-electron chi connectivity index (χ1n) is 7.42. The summed E-state index contributed by atoms with van der Waals surface area (Å²) in [7, 11) is 0. The van der Waals surface area contributed by atoms with Gasteiger partial charge in [-0.3, -0.25) is 0 Å². The van der Waals surface area contributed by atoms with Crippen molar-refractivity contribution < 1.29 is 9.63 Å². The van der Waals surface area contributed by atoms with Crippen molar-refractivity contribution in [2.75, 3.05) is 6.61 Å². The maximum absolute atomic E-state index is 9.53. The monoisotopic (exact) mass is 289 g/mol. The van der Waals surface area contributed by atoms with E-state index in [1.165, 1.54) is 0 Å².